The van der Waals surface area contributed by atoms with Crippen LogP contribution in [0, 0.1) is 0 Å². The summed E-state index contributed by atoms with van der Waals surface area (Å²) in [5.41, 5.74) is 1.86. The SMILES string of the molecule is O=S(=O)(c1ccc(-c2ccccc2)nc1)N1CCC(=NOCc2cccc(C(F)(F)F)c2)CC1. The molecule has 2 heterocycles. The van der Waals surface area contributed by atoms with Crippen LogP contribution in [0.1, 0.15) is 24.0 Å². The second kappa shape index (κ2) is 9.94. The van der Waals surface area contributed by atoms with Gasteiger partial charge in [0, 0.05) is 37.7 Å². The van der Waals surface area contributed by atoms with Crippen molar-refractivity contribution < 1.29 is 26.4 Å². The lowest BCUT2D eigenvalue weighted by molar-refractivity contribution is -0.137. The smallest absolute Gasteiger partial charge is 0.391 e. The molecule has 4 rings (SSSR count). The second-order valence-corrected chi connectivity index (χ2v) is 9.72. The fourth-order valence-corrected chi connectivity index (χ4v) is 4.96. The molecule has 0 radical (unpaired) electrons. The third-order valence-electron chi connectivity index (χ3n) is 5.42. The van der Waals surface area contributed by atoms with Crippen LogP contribution in [-0.4, -0.2) is 36.5 Å². The normalized spacial score (nSPS) is 15.2. The lowest BCUT2D eigenvalue weighted by Crippen LogP contribution is -2.38. The highest BCUT2D eigenvalue weighted by Crippen LogP contribution is 2.29. The van der Waals surface area contributed by atoms with Crippen molar-refractivity contribution in [3.05, 3.63) is 84.1 Å². The molecule has 0 N–H and O–H groups in total. The molecular formula is C24H22F3N3O3S. The molecule has 0 bridgehead atoms. The maximum atomic E-state index is 13.0. The van der Waals surface area contributed by atoms with Crippen molar-refractivity contribution in [3.63, 3.8) is 0 Å². The van der Waals surface area contributed by atoms with Gasteiger partial charge in [-0.25, -0.2) is 8.42 Å². The molecule has 1 aromatic heterocycles. The van der Waals surface area contributed by atoms with Crippen molar-refractivity contribution in [1.29, 1.82) is 0 Å². The highest BCUT2D eigenvalue weighted by molar-refractivity contribution is 7.89. The van der Waals surface area contributed by atoms with Crippen LogP contribution in [-0.2, 0) is 27.6 Å². The van der Waals surface area contributed by atoms with E-state index in [0.717, 1.165) is 17.7 Å². The summed E-state index contributed by atoms with van der Waals surface area (Å²) in [7, 11) is -3.70. The number of alkyl halides is 3. The van der Waals surface area contributed by atoms with E-state index in [1.165, 1.54) is 22.6 Å². The van der Waals surface area contributed by atoms with E-state index < -0.39 is 21.8 Å². The number of aromatic nitrogens is 1. The molecule has 2 aromatic carbocycles. The summed E-state index contributed by atoms with van der Waals surface area (Å²) in [6, 6.07) is 17.6. The summed E-state index contributed by atoms with van der Waals surface area (Å²) < 4.78 is 65.8. The standard InChI is InChI=1S/C24H22F3N3O3S/c25-24(26,27)20-8-4-5-18(15-20)17-33-29-21-11-13-30(14-12-21)34(31,32)22-9-10-23(28-16-22)19-6-2-1-3-7-19/h1-10,15-16H,11-14,17H2. The maximum Gasteiger partial charge on any atom is 0.416 e. The predicted octanol–water partition coefficient (Wildman–Crippen LogP) is 5.12. The number of piperidine rings is 1. The Labute approximate surface area is 195 Å². The van der Waals surface area contributed by atoms with Crippen molar-refractivity contribution in [2.45, 2.75) is 30.5 Å². The molecular weight excluding hydrogens is 467 g/mol. The van der Waals surface area contributed by atoms with Gasteiger partial charge in [-0.3, -0.25) is 4.98 Å². The summed E-state index contributed by atoms with van der Waals surface area (Å²) in [4.78, 5) is 9.64. The van der Waals surface area contributed by atoms with Gasteiger partial charge in [-0.15, -0.1) is 0 Å². The Hall–Kier alpha value is -3.24. The summed E-state index contributed by atoms with van der Waals surface area (Å²) >= 11 is 0. The first-order chi connectivity index (χ1) is 16.2. The summed E-state index contributed by atoms with van der Waals surface area (Å²) in [5.74, 6) is 0. The number of sulfonamides is 1. The lowest BCUT2D eigenvalue weighted by Gasteiger charge is -2.26. The van der Waals surface area contributed by atoms with E-state index in [-0.39, 0.29) is 24.6 Å². The molecule has 6 nitrogen and oxygen atoms in total. The van der Waals surface area contributed by atoms with E-state index in [1.54, 1.807) is 12.1 Å². The Morgan fingerprint density at radius 3 is 2.35 bits per heavy atom. The zero-order valence-corrected chi connectivity index (χ0v) is 18.9. The highest BCUT2D eigenvalue weighted by atomic mass is 32.2. The van der Waals surface area contributed by atoms with Crippen LogP contribution >= 0.6 is 0 Å². The molecule has 1 aliphatic rings. The number of hydrogen-bond donors (Lipinski definition) is 0. The number of benzene rings is 2. The van der Waals surface area contributed by atoms with Crippen LogP contribution in [0.4, 0.5) is 13.2 Å². The molecule has 178 valence electrons. The first-order valence-corrected chi connectivity index (χ1v) is 12.0. The van der Waals surface area contributed by atoms with Crippen LogP contribution < -0.4 is 0 Å². The quantitative estimate of drug-likeness (QED) is 0.451. The number of pyridine rings is 1. The largest absolute Gasteiger partial charge is 0.416 e. The van der Waals surface area contributed by atoms with Gasteiger partial charge in [-0.05, 0) is 29.8 Å². The van der Waals surface area contributed by atoms with Crippen LogP contribution in [0.3, 0.4) is 0 Å². The third kappa shape index (κ3) is 5.63. The molecule has 0 saturated carbocycles. The van der Waals surface area contributed by atoms with E-state index in [0.29, 0.717) is 29.8 Å². The van der Waals surface area contributed by atoms with Crippen molar-refractivity contribution in [3.8, 4) is 11.3 Å². The highest BCUT2D eigenvalue weighted by Gasteiger charge is 2.30. The van der Waals surface area contributed by atoms with Crippen molar-refractivity contribution >= 4 is 15.7 Å². The maximum absolute atomic E-state index is 13.0. The molecule has 0 aliphatic carbocycles. The average Bonchev–Trinajstić information content (AvgIpc) is 2.85. The van der Waals surface area contributed by atoms with Crippen LogP contribution in [0.15, 0.2) is 83.0 Å². The molecule has 1 fully saturated rings. The van der Waals surface area contributed by atoms with Gasteiger partial charge in [-0.2, -0.15) is 17.5 Å². The van der Waals surface area contributed by atoms with Crippen LogP contribution in [0.5, 0.6) is 0 Å². The zero-order chi connectivity index (χ0) is 24.2. The Kier molecular flexibility index (Phi) is 6.99. The third-order valence-corrected chi connectivity index (χ3v) is 7.30. The molecule has 0 unspecified atom stereocenters. The number of halogens is 3. The number of nitrogens with zero attached hydrogens (tertiary/aromatic N) is 3. The Morgan fingerprint density at radius 2 is 1.71 bits per heavy atom. The van der Waals surface area contributed by atoms with Crippen LogP contribution in [0.25, 0.3) is 11.3 Å². The first kappa shape index (κ1) is 23.9. The van der Waals surface area contributed by atoms with Crippen molar-refractivity contribution in [2.24, 2.45) is 5.16 Å². The molecule has 1 aliphatic heterocycles. The first-order valence-electron chi connectivity index (χ1n) is 10.6. The molecule has 1 saturated heterocycles. The van der Waals surface area contributed by atoms with Gasteiger partial charge in [0.15, 0.2) is 0 Å². The van der Waals surface area contributed by atoms with Gasteiger partial charge >= 0.3 is 6.18 Å². The Morgan fingerprint density at radius 1 is 0.971 bits per heavy atom. The number of oxime groups is 1. The number of rotatable bonds is 6. The Bertz CT molecular complexity index is 1250. The lowest BCUT2D eigenvalue weighted by atomic mass is 10.1. The van der Waals surface area contributed by atoms with E-state index in [9.17, 15) is 21.6 Å². The van der Waals surface area contributed by atoms with Crippen molar-refractivity contribution in [1.82, 2.24) is 9.29 Å². The van der Waals surface area contributed by atoms with Gasteiger partial charge in [-0.1, -0.05) is 47.6 Å². The predicted molar refractivity (Wildman–Crippen MR) is 121 cm³/mol. The van der Waals surface area contributed by atoms with E-state index in [1.807, 2.05) is 30.3 Å². The molecule has 0 amide bonds. The zero-order valence-electron chi connectivity index (χ0n) is 18.1. The van der Waals surface area contributed by atoms with E-state index >= 15 is 0 Å². The average molecular weight is 490 g/mol. The molecule has 0 atom stereocenters. The van der Waals surface area contributed by atoms with Gasteiger partial charge in [0.1, 0.15) is 11.5 Å². The second-order valence-electron chi connectivity index (χ2n) is 7.78. The summed E-state index contributed by atoms with van der Waals surface area (Å²) in [5, 5.41) is 4.01. The van der Waals surface area contributed by atoms with Gasteiger partial charge in [0.2, 0.25) is 10.0 Å². The summed E-state index contributed by atoms with van der Waals surface area (Å²) in [6.07, 6.45) is -2.31. The minimum atomic E-state index is -4.42. The Balaban J connectivity index is 1.33. The fourth-order valence-electron chi connectivity index (χ4n) is 3.57. The van der Waals surface area contributed by atoms with E-state index in [4.69, 9.17) is 4.84 Å². The van der Waals surface area contributed by atoms with Crippen molar-refractivity contribution in [2.75, 3.05) is 13.1 Å². The van der Waals surface area contributed by atoms with Gasteiger partial charge < -0.3 is 4.84 Å². The monoisotopic (exact) mass is 489 g/mol. The molecule has 34 heavy (non-hydrogen) atoms. The minimum Gasteiger partial charge on any atom is -0.391 e. The van der Waals surface area contributed by atoms with E-state index in [2.05, 4.69) is 10.1 Å². The minimum absolute atomic E-state index is 0.102. The summed E-state index contributed by atoms with van der Waals surface area (Å²) in [6.45, 7) is 0.359. The topological polar surface area (TPSA) is 71.9 Å². The van der Waals surface area contributed by atoms with Gasteiger partial charge in [0.05, 0.1) is 17.0 Å². The van der Waals surface area contributed by atoms with Gasteiger partial charge in [0.25, 0.3) is 0 Å². The number of hydrogen-bond acceptors (Lipinski definition) is 5. The molecule has 3 aromatic rings. The molecule has 0 spiro atoms. The van der Waals surface area contributed by atoms with Crippen LogP contribution in [0.2, 0.25) is 0 Å². The fraction of sp³-hybridized carbons (Fsp3) is 0.250. The molecule has 10 heteroatoms.